The minimum absolute atomic E-state index is 0.0689. The van der Waals surface area contributed by atoms with Crippen LogP contribution in [0.2, 0.25) is 0 Å². The summed E-state index contributed by atoms with van der Waals surface area (Å²) in [6.07, 6.45) is 0.231. The molecule has 1 aromatic rings. The van der Waals surface area contributed by atoms with Crippen molar-refractivity contribution in [3.05, 3.63) is 32.9 Å². The van der Waals surface area contributed by atoms with Crippen LogP contribution in [0, 0.1) is 9.49 Å². The SMILES string of the molecule is COc1cc(C=O)cc(I)c1OC1C=C(C(=O)NCCO)CC(N(CCN2CCOCC2)C(=O)C(C)C)C1O. The molecule has 0 saturated carbocycles. The van der Waals surface area contributed by atoms with Gasteiger partial charge < -0.3 is 34.6 Å². The van der Waals surface area contributed by atoms with Gasteiger partial charge in [-0.1, -0.05) is 13.8 Å². The Morgan fingerprint density at radius 3 is 2.64 bits per heavy atom. The lowest BCUT2D eigenvalue weighted by molar-refractivity contribution is -0.142. The molecule has 216 valence electrons. The van der Waals surface area contributed by atoms with E-state index in [9.17, 15) is 24.6 Å². The minimum atomic E-state index is -1.15. The summed E-state index contributed by atoms with van der Waals surface area (Å²) in [7, 11) is 1.45. The highest BCUT2D eigenvalue weighted by Crippen LogP contribution is 2.37. The Morgan fingerprint density at radius 1 is 1.31 bits per heavy atom. The average Bonchev–Trinajstić information content (AvgIpc) is 2.94. The van der Waals surface area contributed by atoms with Crippen molar-refractivity contribution in [1.82, 2.24) is 15.1 Å². The molecule has 3 unspecified atom stereocenters. The van der Waals surface area contributed by atoms with Crippen LogP contribution >= 0.6 is 22.6 Å². The second-order valence-electron chi connectivity index (χ2n) is 9.81. The van der Waals surface area contributed by atoms with Crippen LogP contribution in [-0.2, 0) is 14.3 Å². The molecular weight excluding hydrogens is 621 g/mol. The van der Waals surface area contributed by atoms with E-state index in [0.29, 0.717) is 58.8 Å². The fourth-order valence-corrected chi connectivity index (χ4v) is 5.44. The first-order chi connectivity index (χ1) is 18.7. The number of hydrogen-bond donors (Lipinski definition) is 3. The monoisotopic (exact) mass is 659 g/mol. The van der Waals surface area contributed by atoms with Gasteiger partial charge in [-0.25, -0.2) is 0 Å². The zero-order chi connectivity index (χ0) is 28.5. The Balaban J connectivity index is 1.96. The summed E-state index contributed by atoms with van der Waals surface area (Å²) in [6.45, 7) is 7.19. The molecule has 0 radical (unpaired) electrons. The number of aldehydes is 1. The van der Waals surface area contributed by atoms with E-state index < -0.39 is 24.2 Å². The maximum atomic E-state index is 13.4. The van der Waals surface area contributed by atoms with Gasteiger partial charge >= 0.3 is 0 Å². The fourth-order valence-electron chi connectivity index (χ4n) is 4.68. The maximum absolute atomic E-state index is 13.4. The molecule has 2 aliphatic rings. The topological polar surface area (TPSA) is 138 Å². The first-order valence-corrected chi connectivity index (χ1v) is 14.2. The van der Waals surface area contributed by atoms with E-state index in [-0.39, 0.29) is 31.4 Å². The normalized spacial score (nSPS) is 21.7. The van der Waals surface area contributed by atoms with Crippen LogP contribution in [0.15, 0.2) is 23.8 Å². The first kappa shape index (κ1) is 31.3. The molecule has 1 aliphatic heterocycles. The molecule has 1 aromatic carbocycles. The van der Waals surface area contributed by atoms with E-state index in [1.54, 1.807) is 30.9 Å². The van der Waals surface area contributed by atoms with E-state index in [1.165, 1.54) is 13.2 Å². The highest BCUT2D eigenvalue weighted by Gasteiger charge is 2.41. The Bertz CT molecular complexity index is 1040. The summed E-state index contributed by atoms with van der Waals surface area (Å²) in [5.41, 5.74) is 0.747. The first-order valence-electron chi connectivity index (χ1n) is 13.1. The number of hydrogen-bond acceptors (Lipinski definition) is 9. The van der Waals surface area contributed by atoms with Crippen molar-refractivity contribution in [3.63, 3.8) is 0 Å². The van der Waals surface area contributed by atoms with Crippen LogP contribution < -0.4 is 14.8 Å². The van der Waals surface area contributed by atoms with Crippen LogP contribution in [0.1, 0.15) is 30.6 Å². The smallest absolute Gasteiger partial charge is 0.247 e. The second-order valence-corrected chi connectivity index (χ2v) is 11.0. The van der Waals surface area contributed by atoms with Gasteiger partial charge in [0.05, 0.1) is 36.5 Å². The van der Waals surface area contributed by atoms with E-state index >= 15 is 0 Å². The molecule has 3 atom stereocenters. The lowest BCUT2D eigenvalue weighted by Gasteiger charge is -2.42. The summed E-state index contributed by atoms with van der Waals surface area (Å²) in [5.74, 6) is -0.241. The summed E-state index contributed by atoms with van der Waals surface area (Å²) in [4.78, 5) is 41.6. The highest BCUT2D eigenvalue weighted by molar-refractivity contribution is 14.1. The third-order valence-corrected chi connectivity index (χ3v) is 7.60. The third kappa shape index (κ3) is 8.13. The number of morpholine rings is 1. The Hall–Kier alpha value is -2.26. The zero-order valence-corrected chi connectivity index (χ0v) is 24.8. The molecule has 11 nitrogen and oxygen atoms in total. The minimum Gasteiger partial charge on any atom is -0.493 e. The van der Waals surface area contributed by atoms with Crippen molar-refractivity contribution < 1.29 is 38.8 Å². The van der Waals surface area contributed by atoms with Gasteiger partial charge in [-0.05, 0) is 40.8 Å². The van der Waals surface area contributed by atoms with Gasteiger partial charge in [-0.3, -0.25) is 19.3 Å². The van der Waals surface area contributed by atoms with Gasteiger partial charge in [-0.2, -0.15) is 0 Å². The van der Waals surface area contributed by atoms with E-state index in [4.69, 9.17) is 14.2 Å². The van der Waals surface area contributed by atoms with Gasteiger partial charge in [0.1, 0.15) is 18.5 Å². The van der Waals surface area contributed by atoms with Crippen LogP contribution in [0.5, 0.6) is 11.5 Å². The molecule has 3 rings (SSSR count). The van der Waals surface area contributed by atoms with Crippen molar-refractivity contribution in [2.45, 2.75) is 38.5 Å². The number of aliphatic hydroxyl groups excluding tert-OH is 2. The second kappa shape index (κ2) is 14.9. The molecule has 0 bridgehead atoms. The van der Waals surface area contributed by atoms with Crippen molar-refractivity contribution >= 4 is 40.7 Å². The summed E-state index contributed by atoms with van der Waals surface area (Å²) in [5, 5.41) is 23.4. The van der Waals surface area contributed by atoms with E-state index in [0.717, 1.165) is 13.1 Å². The summed E-state index contributed by atoms with van der Waals surface area (Å²) in [6, 6.07) is 2.43. The molecule has 1 aliphatic carbocycles. The van der Waals surface area contributed by atoms with Crippen LogP contribution in [0.25, 0.3) is 0 Å². The number of nitrogens with one attached hydrogen (secondary N) is 1. The molecule has 0 spiro atoms. The number of amides is 2. The van der Waals surface area contributed by atoms with Crippen molar-refractivity contribution in [3.8, 4) is 11.5 Å². The van der Waals surface area contributed by atoms with Crippen LogP contribution in [-0.4, -0.2) is 116 Å². The molecule has 1 fully saturated rings. The van der Waals surface area contributed by atoms with Gasteiger partial charge in [-0.15, -0.1) is 0 Å². The largest absolute Gasteiger partial charge is 0.493 e. The predicted octanol–water partition coefficient (Wildman–Crippen LogP) is 0.845. The van der Waals surface area contributed by atoms with E-state index in [1.807, 2.05) is 22.6 Å². The molecular formula is C27H38IN3O8. The molecule has 12 heteroatoms. The molecule has 1 heterocycles. The highest BCUT2D eigenvalue weighted by atomic mass is 127. The Labute approximate surface area is 242 Å². The Morgan fingerprint density at radius 2 is 2.03 bits per heavy atom. The number of rotatable bonds is 12. The van der Waals surface area contributed by atoms with Crippen molar-refractivity contribution in [1.29, 1.82) is 0 Å². The number of carbonyl (C=O) groups is 3. The number of nitrogens with zero attached hydrogens (tertiary/aromatic N) is 2. The lowest BCUT2D eigenvalue weighted by Crippen LogP contribution is -2.57. The number of benzene rings is 1. The van der Waals surface area contributed by atoms with E-state index in [2.05, 4.69) is 10.2 Å². The summed E-state index contributed by atoms with van der Waals surface area (Å²) >= 11 is 2.02. The number of ether oxygens (including phenoxy) is 3. The van der Waals surface area contributed by atoms with Crippen LogP contribution in [0.4, 0.5) is 0 Å². The zero-order valence-electron chi connectivity index (χ0n) is 22.6. The quantitative estimate of drug-likeness (QED) is 0.220. The fraction of sp³-hybridized carbons (Fsp3) is 0.593. The molecule has 3 N–H and O–H groups in total. The number of methoxy groups -OCH3 is 1. The van der Waals surface area contributed by atoms with Gasteiger partial charge in [0.2, 0.25) is 11.8 Å². The van der Waals surface area contributed by atoms with Gasteiger partial charge in [0.25, 0.3) is 0 Å². The standard InChI is InChI=1S/C27H38IN3O8/c1-17(2)27(36)31(6-5-30-7-10-38-11-8-30)21-14-19(26(35)29-4-9-32)15-22(24(21)34)39-25-20(28)12-18(16-33)13-23(25)37-3/h12-13,15-17,21-22,24,32,34H,4-11,14H2,1-3H3,(H,29,35). The average molecular weight is 660 g/mol. The van der Waals surface area contributed by atoms with Crippen LogP contribution in [0.3, 0.4) is 0 Å². The number of carbonyl (C=O) groups excluding carboxylic acids is 3. The molecule has 1 saturated heterocycles. The summed E-state index contributed by atoms with van der Waals surface area (Å²) < 4.78 is 17.7. The third-order valence-electron chi connectivity index (χ3n) is 6.79. The predicted molar refractivity (Wildman–Crippen MR) is 152 cm³/mol. The molecule has 0 aromatic heterocycles. The lowest BCUT2D eigenvalue weighted by atomic mass is 9.87. The molecule has 2 amide bonds. The number of aliphatic hydroxyl groups is 2. The van der Waals surface area contributed by atoms with Crippen molar-refractivity contribution in [2.24, 2.45) is 5.92 Å². The number of halogens is 1. The Kier molecular flexibility index (Phi) is 12.0. The maximum Gasteiger partial charge on any atom is 0.247 e. The van der Waals surface area contributed by atoms with Crippen molar-refractivity contribution in [2.75, 3.05) is 59.7 Å². The van der Waals surface area contributed by atoms with Gasteiger partial charge in [0, 0.05) is 56.2 Å². The molecule has 39 heavy (non-hydrogen) atoms. The van der Waals surface area contributed by atoms with Gasteiger partial charge in [0.15, 0.2) is 11.5 Å².